The van der Waals surface area contributed by atoms with Gasteiger partial charge in [0.2, 0.25) is 5.78 Å². The van der Waals surface area contributed by atoms with Gasteiger partial charge in [-0.1, -0.05) is 36.4 Å². The van der Waals surface area contributed by atoms with Gasteiger partial charge in [-0.25, -0.2) is 4.79 Å². The highest BCUT2D eigenvalue weighted by Crippen LogP contribution is 2.17. The van der Waals surface area contributed by atoms with Gasteiger partial charge in [-0.05, 0) is 37.3 Å². The molecule has 0 aliphatic rings. The van der Waals surface area contributed by atoms with Crippen molar-refractivity contribution in [3.8, 4) is 0 Å². The van der Waals surface area contributed by atoms with E-state index in [0.29, 0.717) is 11.3 Å². The largest absolute Gasteiger partial charge is 0.451 e. The molecule has 1 N–H and O–H groups in total. The second-order valence-corrected chi connectivity index (χ2v) is 6.62. The SMILES string of the molecule is C[C@@H](OC(=O)c1ccc(NC(=O)c2cccc([N+](=O)[O-])c2)cc1)C(=O)c1ccccc1. The normalized spacial score (nSPS) is 11.3. The van der Waals surface area contributed by atoms with E-state index in [1.165, 1.54) is 55.5 Å². The average molecular weight is 418 g/mol. The van der Waals surface area contributed by atoms with Gasteiger partial charge in [-0.3, -0.25) is 19.7 Å². The molecule has 0 spiro atoms. The molecule has 0 aliphatic heterocycles. The Balaban J connectivity index is 1.62. The lowest BCUT2D eigenvalue weighted by Crippen LogP contribution is -2.24. The first-order chi connectivity index (χ1) is 14.8. The third kappa shape index (κ3) is 5.39. The maximum atomic E-state index is 12.3. The van der Waals surface area contributed by atoms with Crippen LogP contribution < -0.4 is 5.32 Å². The van der Waals surface area contributed by atoms with E-state index >= 15 is 0 Å². The third-order valence-corrected chi connectivity index (χ3v) is 4.41. The molecule has 3 aromatic rings. The van der Waals surface area contributed by atoms with E-state index in [1.54, 1.807) is 30.3 Å². The van der Waals surface area contributed by atoms with E-state index in [0.717, 1.165) is 0 Å². The number of non-ortho nitro benzene ring substituents is 1. The Labute approximate surface area is 177 Å². The minimum atomic E-state index is -0.955. The molecule has 156 valence electrons. The number of carbonyl (C=O) groups is 3. The van der Waals surface area contributed by atoms with Gasteiger partial charge >= 0.3 is 5.97 Å². The monoisotopic (exact) mass is 418 g/mol. The number of nitrogens with zero attached hydrogens (tertiary/aromatic N) is 1. The summed E-state index contributed by atoms with van der Waals surface area (Å²) in [6, 6.07) is 19.8. The van der Waals surface area contributed by atoms with Crippen LogP contribution >= 0.6 is 0 Å². The summed E-state index contributed by atoms with van der Waals surface area (Å²) in [5.74, 6) is -1.51. The van der Waals surface area contributed by atoms with Crippen molar-refractivity contribution in [2.45, 2.75) is 13.0 Å². The number of amides is 1. The fraction of sp³-hybridized carbons (Fsp3) is 0.0870. The van der Waals surface area contributed by atoms with Crippen molar-refractivity contribution in [3.05, 3.63) is 106 Å². The second-order valence-electron chi connectivity index (χ2n) is 6.62. The van der Waals surface area contributed by atoms with Crippen molar-refractivity contribution in [2.24, 2.45) is 0 Å². The lowest BCUT2D eigenvalue weighted by Gasteiger charge is -2.12. The molecular weight excluding hydrogens is 400 g/mol. The zero-order valence-corrected chi connectivity index (χ0v) is 16.5. The first kappa shape index (κ1) is 21.4. The molecular formula is C23H18N2O6. The van der Waals surface area contributed by atoms with Crippen molar-refractivity contribution in [2.75, 3.05) is 5.32 Å². The van der Waals surface area contributed by atoms with E-state index in [9.17, 15) is 24.5 Å². The van der Waals surface area contributed by atoms with Crippen molar-refractivity contribution in [1.29, 1.82) is 0 Å². The summed E-state index contributed by atoms with van der Waals surface area (Å²) in [5, 5.41) is 13.4. The number of hydrogen-bond acceptors (Lipinski definition) is 6. The lowest BCUT2D eigenvalue weighted by molar-refractivity contribution is -0.384. The Hall–Kier alpha value is -4.33. The van der Waals surface area contributed by atoms with Gasteiger partial charge in [-0.2, -0.15) is 0 Å². The second kappa shape index (κ2) is 9.45. The smallest absolute Gasteiger partial charge is 0.338 e. The summed E-state index contributed by atoms with van der Waals surface area (Å²) in [6.45, 7) is 1.50. The number of Topliss-reactive ketones (excluding diaryl/α,β-unsaturated/α-hetero) is 1. The van der Waals surface area contributed by atoms with Gasteiger partial charge in [0.25, 0.3) is 11.6 Å². The van der Waals surface area contributed by atoms with E-state index in [2.05, 4.69) is 5.32 Å². The third-order valence-electron chi connectivity index (χ3n) is 4.41. The highest BCUT2D eigenvalue weighted by Gasteiger charge is 2.20. The van der Waals surface area contributed by atoms with Crippen LogP contribution in [0.15, 0.2) is 78.9 Å². The Bertz CT molecular complexity index is 1130. The number of nitro benzene ring substituents is 1. The minimum Gasteiger partial charge on any atom is -0.451 e. The predicted octanol–water partition coefficient (Wildman–Crippen LogP) is 4.28. The summed E-state index contributed by atoms with van der Waals surface area (Å²) in [6.07, 6.45) is -0.955. The van der Waals surface area contributed by atoms with Crippen LogP contribution in [0, 0.1) is 10.1 Å². The molecule has 0 radical (unpaired) electrons. The van der Waals surface area contributed by atoms with Crippen LogP contribution in [-0.4, -0.2) is 28.7 Å². The molecule has 1 atom stereocenters. The fourth-order valence-electron chi connectivity index (χ4n) is 2.77. The summed E-state index contributed by atoms with van der Waals surface area (Å²) >= 11 is 0. The lowest BCUT2D eigenvalue weighted by atomic mass is 10.1. The molecule has 31 heavy (non-hydrogen) atoms. The summed E-state index contributed by atoms with van der Waals surface area (Å²) < 4.78 is 5.24. The van der Waals surface area contributed by atoms with Gasteiger partial charge in [0.15, 0.2) is 6.10 Å². The molecule has 0 fully saturated rings. The number of benzene rings is 3. The molecule has 0 unspecified atom stereocenters. The first-order valence-corrected chi connectivity index (χ1v) is 9.31. The number of hydrogen-bond donors (Lipinski definition) is 1. The van der Waals surface area contributed by atoms with E-state index < -0.39 is 22.9 Å². The number of rotatable bonds is 7. The molecule has 8 nitrogen and oxygen atoms in total. The number of carbonyl (C=O) groups excluding carboxylic acids is 3. The standard InChI is InChI=1S/C23H18N2O6/c1-15(21(26)16-6-3-2-4-7-16)31-23(28)17-10-12-19(13-11-17)24-22(27)18-8-5-9-20(14-18)25(29)30/h2-15H,1H3,(H,24,27)/t15-/m1/s1. The Morgan fingerprint density at radius 3 is 2.16 bits per heavy atom. The number of anilines is 1. The number of ether oxygens (including phenoxy) is 1. The number of ketones is 1. The molecule has 0 aromatic heterocycles. The van der Waals surface area contributed by atoms with Crippen LogP contribution in [0.5, 0.6) is 0 Å². The Morgan fingerprint density at radius 2 is 1.52 bits per heavy atom. The average Bonchev–Trinajstić information content (AvgIpc) is 2.79. The zero-order valence-electron chi connectivity index (χ0n) is 16.5. The Morgan fingerprint density at radius 1 is 0.871 bits per heavy atom. The van der Waals surface area contributed by atoms with E-state index in [-0.39, 0.29) is 22.6 Å². The van der Waals surface area contributed by atoms with Crippen LogP contribution in [0.4, 0.5) is 11.4 Å². The Kier molecular flexibility index (Phi) is 6.51. The van der Waals surface area contributed by atoms with Gasteiger partial charge in [0.1, 0.15) is 0 Å². The molecule has 1 amide bonds. The maximum absolute atomic E-state index is 12.3. The van der Waals surface area contributed by atoms with Gasteiger partial charge in [-0.15, -0.1) is 0 Å². The summed E-state index contributed by atoms with van der Waals surface area (Å²) in [5.41, 5.74) is 0.986. The van der Waals surface area contributed by atoms with Crippen LogP contribution in [0.1, 0.15) is 38.0 Å². The molecule has 3 rings (SSSR count). The number of nitro groups is 1. The van der Waals surface area contributed by atoms with Crippen molar-refractivity contribution in [1.82, 2.24) is 0 Å². The van der Waals surface area contributed by atoms with Gasteiger partial charge < -0.3 is 10.1 Å². The van der Waals surface area contributed by atoms with Crippen LogP contribution in [0.2, 0.25) is 0 Å². The fourth-order valence-corrected chi connectivity index (χ4v) is 2.77. The summed E-state index contributed by atoms with van der Waals surface area (Å²) in [7, 11) is 0. The predicted molar refractivity (Wildman–Crippen MR) is 113 cm³/mol. The molecule has 0 saturated carbocycles. The van der Waals surface area contributed by atoms with Gasteiger partial charge in [0.05, 0.1) is 10.5 Å². The van der Waals surface area contributed by atoms with Crippen LogP contribution in [0.25, 0.3) is 0 Å². The molecule has 3 aromatic carbocycles. The molecule has 8 heteroatoms. The maximum Gasteiger partial charge on any atom is 0.338 e. The first-order valence-electron chi connectivity index (χ1n) is 9.31. The topological polar surface area (TPSA) is 116 Å². The number of nitrogens with one attached hydrogen (secondary N) is 1. The van der Waals surface area contributed by atoms with E-state index in [1.807, 2.05) is 0 Å². The summed E-state index contributed by atoms with van der Waals surface area (Å²) in [4.78, 5) is 47.2. The minimum absolute atomic E-state index is 0.130. The number of esters is 1. The molecule has 0 saturated heterocycles. The van der Waals surface area contributed by atoms with Crippen LogP contribution in [0.3, 0.4) is 0 Å². The van der Waals surface area contributed by atoms with Crippen LogP contribution in [-0.2, 0) is 4.74 Å². The highest BCUT2D eigenvalue weighted by atomic mass is 16.6. The van der Waals surface area contributed by atoms with Crippen molar-refractivity contribution < 1.29 is 24.0 Å². The van der Waals surface area contributed by atoms with Crippen molar-refractivity contribution >= 4 is 29.0 Å². The van der Waals surface area contributed by atoms with Crippen molar-refractivity contribution in [3.63, 3.8) is 0 Å². The zero-order chi connectivity index (χ0) is 22.4. The molecule has 0 heterocycles. The quantitative estimate of drug-likeness (QED) is 0.265. The molecule has 0 bridgehead atoms. The van der Waals surface area contributed by atoms with E-state index in [4.69, 9.17) is 4.74 Å². The highest BCUT2D eigenvalue weighted by molar-refractivity contribution is 6.05. The molecule has 0 aliphatic carbocycles. The van der Waals surface area contributed by atoms with Gasteiger partial charge in [0, 0.05) is 28.9 Å².